The average Bonchev–Trinajstić information content (AvgIpc) is 2.59. The lowest BCUT2D eigenvalue weighted by atomic mass is 10.1. The number of para-hydroxylation sites is 1. The fourth-order valence-electron chi connectivity index (χ4n) is 2.63. The molecule has 0 aliphatic rings. The summed E-state index contributed by atoms with van der Waals surface area (Å²) in [5, 5.41) is 14.3. The third-order valence-corrected chi connectivity index (χ3v) is 5.65. The third-order valence-electron chi connectivity index (χ3n) is 4.09. The second kappa shape index (κ2) is 8.29. The topological polar surface area (TPSA) is 101 Å². The molecule has 2 aromatic carbocycles. The van der Waals surface area contributed by atoms with Gasteiger partial charge in [0.1, 0.15) is 0 Å². The van der Waals surface area contributed by atoms with Gasteiger partial charge in [-0.15, -0.1) is 0 Å². The van der Waals surface area contributed by atoms with E-state index in [1.165, 1.54) is 24.3 Å². The summed E-state index contributed by atoms with van der Waals surface area (Å²) in [6.45, 7) is 6.22. The highest BCUT2D eigenvalue weighted by Crippen LogP contribution is 2.23. The molecule has 0 radical (unpaired) electrons. The van der Waals surface area contributed by atoms with Crippen LogP contribution in [0.3, 0.4) is 0 Å². The second-order valence-electron chi connectivity index (χ2n) is 6.15. The first-order valence-electron chi connectivity index (χ1n) is 8.31. The number of hydrogen-bond donors (Lipinski definition) is 2. The predicted octanol–water partition coefficient (Wildman–Crippen LogP) is 3.38. The molecule has 2 rings (SSSR count). The summed E-state index contributed by atoms with van der Waals surface area (Å²) in [7, 11) is -4.00. The van der Waals surface area contributed by atoms with Crippen LogP contribution in [0.1, 0.15) is 24.5 Å². The first-order chi connectivity index (χ1) is 12.2. The maximum Gasteiger partial charge on any atom is 0.289 e. The number of nitrogens with one attached hydrogen (secondary N) is 2. The van der Waals surface area contributed by atoms with Crippen molar-refractivity contribution in [3.8, 4) is 0 Å². The summed E-state index contributed by atoms with van der Waals surface area (Å²) in [6.07, 6.45) is 0.539. The number of rotatable bonds is 8. The van der Waals surface area contributed by atoms with Gasteiger partial charge in [0.05, 0.1) is 4.92 Å². The molecule has 0 amide bonds. The van der Waals surface area contributed by atoms with Crippen molar-refractivity contribution in [2.45, 2.75) is 38.1 Å². The number of nitrogens with zero attached hydrogens (tertiary/aromatic N) is 1. The largest absolute Gasteiger partial charge is 0.383 e. The van der Waals surface area contributed by atoms with Crippen LogP contribution in [0.2, 0.25) is 0 Å². The van der Waals surface area contributed by atoms with E-state index in [1.807, 2.05) is 39.0 Å². The van der Waals surface area contributed by atoms with Gasteiger partial charge in [0.15, 0.2) is 4.90 Å². The van der Waals surface area contributed by atoms with Crippen molar-refractivity contribution in [3.63, 3.8) is 0 Å². The molecule has 0 bridgehead atoms. The second-order valence-corrected chi connectivity index (χ2v) is 7.83. The number of benzene rings is 2. The van der Waals surface area contributed by atoms with E-state index in [4.69, 9.17) is 0 Å². The van der Waals surface area contributed by atoms with Gasteiger partial charge in [-0.2, -0.15) is 0 Å². The maximum absolute atomic E-state index is 12.6. The SMILES string of the molecule is CCC(CNc1ccc(C)cc1C)NS(=O)(=O)c1ccccc1[N+](=O)[O-]. The molecule has 1 unspecified atom stereocenters. The van der Waals surface area contributed by atoms with E-state index in [2.05, 4.69) is 10.0 Å². The first kappa shape index (κ1) is 19.9. The quantitative estimate of drug-likeness (QED) is 0.542. The van der Waals surface area contributed by atoms with Crippen LogP contribution in [0.25, 0.3) is 0 Å². The molecular formula is C18H23N3O4S. The van der Waals surface area contributed by atoms with Gasteiger partial charge in [0, 0.05) is 24.3 Å². The highest BCUT2D eigenvalue weighted by molar-refractivity contribution is 7.89. The van der Waals surface area contributed by atoms with Crippen LogP contribution < -0.4 is 10.0 Å². The Balaban J connectivity index is 2.15. The Labute approximate surface area is 153 Å². The highest BCUT2D eigenvalue weighted by Gasteiger charge is 2.27. The molecule has 0 aliphatic heterocycles. The summed E-state index contributed by atoms with van der Waals surface area (Å²) in [5.74, 6) is 0. The molecule has 2 N–H and O–H groups in total. The molecule has 0 saturated heterocycles. The normalized spacial score (nSPS) is 12.6. The molecule has 2 aromatic rings. The Morgan fingerprint density at radius 3 is 2.46 bits per heavy atom. The van der Waals surface area contributed by atoms with Crippen LogP contribution >= 0.6 is 0 Å². The molecular weight excluding hydrogens is 354 g/mol. The van der Waals surface area contributed by atoms with E-state index in [0.29, 0.717) is 13.0 Å². The zero-order valence-electron chi connectivity index (χ0n) is 15.0. The molecule has 26 heavy (non-hydrogen) atoms. The van der Waals surface area contributed by atoms with Gasteiger partial charge in [-0.3, -0.25) is 10.1 Å². The summed E-state index contributed by atoms with van der Waals surface area (Å²) >= 11 is 0. The van der Waals surface area contributed by atoms with Crippen molar-refractivity contribution in [1.82, 2.24) is 4.72 Å². The van der Waals surface area contributed by atoms with Crippen molar-refractivity contribution in [2.75, 3.05) is 11.9 Å². The fraction of sp³-hybridized carbons (Fsp3) is 0.333. The smallest absolute Gasteiger partial charge is 0.289 e. The van der Waals surface area contributed by atoms with Gasteiger partial charge in [-0.1, -0.05) is 36.8 Å². The summed E-state index contributed by atoms with van der Waals surface area (Å²) < 4.78 is 27.8. The van der Waals surface area contributed by atoms with E-state index >= 15 is 0 Å². The summed E-state index contributed by atoms with van der Waals surface area (Å²) in [5.41, 5.74) is 2.72. The first-order valence-corrected chi connectivity index (χ1v) is 9.79. The molecule has 7 nitrogen and oxygen atoms in total. The van der Waals surface area contributed by atoms with Crippen molar-refractivity contribution in [3.05, 3.63) is 63.7 Å². The Morgan fingerprint density at radius 1 is 1.15 bits per heavy atom. The Morgan fingerprint density at radius 2 is 1.85 bits per heavy atom. The molecule has 8 heteroatoms. The molecule has 0 spiro atoms. The maximum atomic E-state index is 12.6. The third kappa shape index (κ3) is 4.80. The van der Waals surface area contributed by atoms with Crippen LogP contribution in [0.5, 0.6) is 0 Å². The standard InChI is InChI=1S/C18H23N3O4S/c1-4-15(12-19-16-10-9-13(2)11-14(16)3)20-26(24,25)18-8-6-5-7-17(18)21(22)23/h5-11,15,19-20H,4,12H2,1-3H3. The minimum atomic E-state index is -4.00. The number of anilines is 1. The van der Waals surface area contributed by atoms with Gasteiger partial charge in [-0.25, -0.2) is 13.1 Å². The molecule has 0 saturated carbocycles. The zero-order valence-corrected chi connectivity index (χ0v) is 15.8. The summed E-state index contributed by atoms with van der Waals surface area (Å²) in [6, 6.07) is 10.9. The number of aryl methyl sites for hydroxylation is 2. The van der Waals surface area contributed by atoms with E-state index < -0.39 is 26.7 Å². The van der Waals surface area contributed by atoms with Gasteiger partial charge in [-0.05, 0) is 38.0 Å². The van der Waals surface area contributed by atoms with Crippen LogP contribution in [-0.4, -0.2) is 25.9 Å². The van der Waals surface area contributed by atoms with Crippen LogP contribution in [-0.2, 0) is 10.0 Å². The minimum Gasteiger partial charge on any atom is -0.383 e. The van der Waals surface area contributed by atoms with Gasteiger partial charge in [0.25, 0.3) is 5.69 Å². The summed E-state index contributed by atoms with van der Waals surface area (Å²) in [4.78, 5) is 10.1. The molecule has 0 aromatic heterocycles. The molecule has 140 valence electrons. The van der Waals surface area contributed by atoms with E-state index in [9.17, 15) is 18.5 Å². The van der Waals surface area contributed by atoms with Crippen molar-refractivity contribution >= 4 is 21.4 Å². The number of nitro benzene ring substituents is 1. The predicted molar refractivity (Wildman–Crippen MR) is 102 cm³/mol. The zero-order chi connectivity index (χ0) is 19.3. The van der Waals surface area contributed by atoms with Crippen LogP contribution in [0.15, 0.2) is 47.4 Å². The lowest BCUT2D eigenvalue weighted by Gasteiger charge is -2.19. The van der Waals surface area contributed by atoms with Crippen molar-refractivity contribution in [2.24, 2.45) is 0 Å². The lowest BCUT2D eigenvalue weighted by molar-refractivity contribution is -0.387. The Kier molecular flexibility index (Phi) is 6.33. The highest BCUT2D eigenvalue weighted by atomic mass is 32.2. The van der Waals surface area contributed by atoms with Crippen molar-refractivity contribution < 1.29 is 13.3 Å². The Hall–Kier alpha value is -2.45. The number of sulfonamides is 1. The van der Waals surface area contributed by atoms with Gasteiger partial charge >= 0.3 is 0 Å². The number of hydrogen-bond acceptors (Lipinski definition) is 5. The average molecular weight is 377 g/mol. The van der Waals surface area contributed by atoms with E-state index in [-0.39, 0.29) is 4.90 Å². The lowest BCUT2D eigenvalue weighted by Crippen LogP contribution is -2.39. The Bertz CT molecular complexity index is 897. The van der Waals surface area contributed by atoms with E-state index in [1.54, 1.807) is 0 Å². The van der Waals surface area contributed by atoms with E-state index in [0.717, 1.165) is 16.8 Å². The number of nitro groups is 1. The van der Waals surface area contributed by atoms with Crippen LogP contribution in [0, 0.1) is 24.0 Å². The van der Waals surface area contributed by atoms with Gasteiger partial charge < -0.3 is 5.32 Å². The molecule has 0 fully saturated rings. The molecule has 0 heterocycles. The van der Waals surface area contributed by atoms with Gasteiger partial charge in [0.2, 0.25) is 10.0 Å². The fourth-order valence-corrected chi connectivity index (χ4v) is 4.12. The monoisotopic (exact) mass is 377 g/mol. The van der Waals surface area contributed by atoms with Crippen LogP contribution in [0.4, 0.5) is 11.4 Å². The minimum absolute atomic E-state index is 0.324. The molecule has 1 atom stereocenters. The van der Waals surface area contributed by atoms with Crippen molar-refractivity contribution in [1.29, 1.82) is 0 Å². The molecule has 0 aliphatic carbocycles.